The molecule has 12 nitrogen and oxygen atoms in total. The number of hydrogen-bond acceptors (Lipinski definition) is 8. The highest BCUT2D eigenvalue weighted by Gasteiger charge is 2.40. The Morgan fingerprint density at radius 2 is 1.63 bits per heavy atom. The Kier molecular flexibility index (Phi) is 9.07. The van der Waals surface area contributed by atoms with E-state index in [0.29, 0.717) is 18.5 Å². The number of imidazole rings is 1. The van der Waals surface area contributed by atoms with Gasteiger partial charge in [-0.3, -0.25) is 33.7 Å². The maximum absolute atomic E-state index is 13.5. The number of nitrogens with one attached hydrogen (secondary N) is 1. The lowest BCUT2D eigenvalue weighted by Crippen LogP contribution is -2.49. The number of pyridine rings is 1. The fraction of sp³-hybridized carbons (Fsp3) is 0.487. The van der Waals surface area contributed by atoms with E-state index in [1.54, 1.807) is 42.0 Å². The molecule has 0 radical (unpaired) electrons. The van der Waals surface area contributed by atoms with Crippen LogP contribution in [0.25, 0.3) is 22.2 Å². The van der Waals surface area contributed by atoms with Crippen molar-refractivity contribution in [3.63, 3.8) is 0 Å². The molecule has 0 saturated carbocycles. The number of nitrogens with zero attached hydrogens (tertiary/aromatic N) is 5. The van der Waals surface area contributed by atoms with Crippen molar-refractivity contribution < 1.29 is 19.1 Å². The van der Waals surface area contributed by atoms with Gasteiger partial charge in [-0.1, -0.05) is 6.07 Å². The number of methoxy groups -OCH3 is 2. The SMILES string of the molecule is COc1cc(-c2cn(C)c(=O)c(C)c2C)cc(OC)c1CN1CCCC2(CCN(c3cccc4c3n(C)c(=O)n4C3CCC(=O)NC3=O)CC2)C1. The molecule has 2 aromatic carbocycles. The second-order valence-corrected chi connectivity index (χ2v) is 14.7. The minimum Gasteiger partial charge on any atom is -0.496 e. The number of carbonyl (C=O) groups excluding carboxylic acids is 2. The lowest BCUT2D eigenvalue weighted by atomic mass is 9.72. The van der Waals surface area contributed by atoms with Crippen LogP contribution in [0.2, 0.25) is 0 Å². The van der Waals surface area contributed by atoms with Crippen LogP contribution in [0, 0.1) is 19.3 Å². The summed E-state index contributed by atoms with van der Waals surface area (Å²) in [4.78, 5) is 55.5. The van der Waals surface area contributed by atoms with Crippen LogP contribution < -0.4 is 30.9 Å². The molecule has 5 heterocycles. The average molecular weight is 697 g/mol. The van der Waals surface area contributed by atoms with Crippen LogP contribution in [0.1, 0.15) is 61.3 Å². The van der Waals surface area contributed by atoms with Crippen LogP contribution in [0.3, 0.4) is 0 Å². The molecule has 12 heteroatoms. The zero-order valence-corrected chi connectivity index (χ0v) is 30.5. The zero-order valence-electron chi connectivity index (χ0n) is 30.5. The van der Waals surface area contributed by atoms with Crippen molar-refractivity contribution in [2.75, 3.05) is 45.3 Å². The van der Waals surface area contributed by atoms with Crippen LogP contribution >= 0.6 is 0 Å². The number of amides is 2. The minimum absolute atomic E-state index is 0.00296. The quantitative estimate of drug-likeness (QED) is 0.286. The number of fused-ring (bicyclic) bond motifs is 1. The lowest BCUT2D eigenvalue weighted by Gasteiger charge is -2.48. The Hall–Kier alpha value is -4.84. The summed E-state index contributed by atoms with van der Waals surface area (Å²) in [6, 6.07) is 9.34. The second-order valence-electron chi connectivity index (χ2n) is 14.7. The van der Waals surface area contributed by atoms with Crippen molar-refractivity contribution in [3.8, 4) is 22.6 Å². The highest BCUT2D eigenvalue weighted by Crippen LogP contribution is 2.44. The fourth-order valence-electron chi connectivity index (χ4n) is 8.76. The zero-order chi connectivity index (χ0) is 36.2. The number of anilines is 1. The highest BCUT2D eigenvalue weighted by atomic mass is 16.5. The summed E-state index contributed by atoms with van der Waals surface area (Å²) in [5.74, 6) is 0.821. The van der Waals surface area contributed by atoms with Gasteiger partial charge >= 0.3 is 5.69 Å². The topological polar surface area (TPSA) is 120 Å². The number of carbonyl (C=O) groups is 2. The van der Waals surface area contributed by atoms with Crippen LogP contribution in [0.5, 0.6) is 11.5 Å². The summed E-state index contributed by atoms with van der Waals surface area (Å²) in [7, 11) is 6.94. The van der Waals surface area contributed by atoms with E-state index in [0.717, 1.165) is 96.0 Å². The third kappa shape index (κ3) is 6.03. The molecule has 1 spiro atoms. The van der Waals surface area contributed by atoms with Crippen molar-refractivity contribution in [1.82, 2.24) is 23.9 Å². The summed E-state index contributed by atoms with van der Waals surface area (Å²) in [6.45, 7) is 8.25. The molecule has 51 heavy (non-hydrogen) atoms. The monoisotopic (exact) mass is 696 g/mol. The number of ether oxygens (including phenoxy) is 2. The van der Waals surface area contributed by atoms with Gasteiger partial charge in [0.05, 0.1) is 36.5 Å². The molecular weight excluding hydrogens is 648 g/mol. The maximum Gasteiger partial charge on any atom is 0.329 e. The largest absolute Gasteiger partial charge is 0.496 e. The van der Waals surface area contributed by atoms with E-state index < -0.39 is 11.9 Å². The van der Waals surface area contributed by atoms with Crippen molar-refractivity contribution >= 4 is 28.5 Å². The van der Waals surface area contributed by atoms with Crippen molar-refractivity contribution in [1.29, 1.82) is 0 Å². The molecule has 1 atom stereocenters. The Bertz CT molecular complexity index is 2130. The minimum atomic E-state index is -0.706. The van der Waals surface area contributed by atoms with Gasteiger partial charge in [0.15, 0.2) is 0 Å². The van der Waals surface area contributed by atoms with Gasteiger partial charge in [-0.05, 0) is 93.3 Å². The number of rotatable bonds is 7. The van der Waals surface area contributed by atoms with Gasteiger partial charge in [-0.25, -0.2) is 4.79 Å². The van der Waals surface area contributed by atoms with Gasteiger partial charge in [0.2, 0.25) is 11.8 Å². The van der Waals surface area contributed by atoms with E-state index in [-0.39, 0.29) is 29.0 Å². The van der Waals surface area contributed by atoms with Crippen molar-refractivity contribution in [3.05, 3.63) is 74.1 Å². The van der Waals surface area contributed by atoms with Crippen LogP contribution in [-0.4, -0.2) is 70.8 Å². The molecule has 1 N–H and O–H groups in total. The summed E-state index contributed by atoms with van der Waals surface area (Å²) in [5, 5.41) is 2.40. The fourth-order valence-corrected chi connectivity index (χ4v) is 8.76. The first-order valence-corrected chi connectivity index (χ1v) is 17.9. The predicted molar refractivity (Wildman–Crippen MR) is 197 cm³/mol. The van der Waals surface area contributed by atoms with E-state index in [2.05, 4.69) is 33.3 Å². The number of imide groups is 1. The van der Waals surface area contributed by atoms with Gasteiger partial charge in [-0.2, -0.15) is 0 Å². The number of aromatic nitrogens is 3. The second kappa shape index (κ2) is 13.4. The molecule has 3 aliphatic heterocycles. The molecule has 3 aliphatic rings. The molecule has 3 fully saturated rings. The summed E-state index contributed by atoms with van der Waals surface area (Å²) >= 11 is 0. The van der Waals surface area contributed by atoms with E-state index >= 15 is 0 Å². The molecule has 270 valence electrons. The van der Waals surface area contributed by atoms with Gasteiger partial charge in [0.25, 0.3) is 5.56 Å². The Balaban J connectivity index is 1.10. The van der Waals surface area contributed by atoms with E-state index in [4.69, 9.17) is 9.47 Å². The molecule has 2 amide bonds. The smallest absolute Gasteiger partial charge is 0.329 e. The number of likely N-dealkylation sites (tertiary alicyclic amines) is 1. The third-order valence-electron chi connectivity index (χ3n) is 11.7. The van der Waals surface area contributed by atoms with E-state index in [9.17, 15) is 19.2 Å². The Labute approximate surface area is 297 Å². The van der Waals surface area contributed by atoms with Gasteiger partial charge in [0.1, 0.15) is 17.5 Å². The third-order valence-corrected chi connectivity index (χ3v) is 11.7. The average Bonchev–Trinajstić information content (AvgIpc) is 3.38. The number of aryl methyl sites for hydroxylation is 2. The summed E-state index contributed by atoms with van der Waals surface area (Å²) < 4.78 is 16.8. The number of benzene rings is 2. The molecule has 7 rings (SSSR count). The lowest BCUT2D eigenvalue weighted by molar-refractivity contribution is -0.135. The van der Waals surface area contributed by atoms with Crippen LogP contribution in [-0.2, 0) is 30.2 Å². The molecule has 1 unspecified atom stereocenters. The molecule has 0 aliphatic carbocycles. The van der Waals surface area contributed by atoms with Gasteiger partial charge in [0, 0.05) is 64.0 Å². The number of piperidine rings is 3. The molecular formula is C39H48N6O6. The van der Waals surface area contributed by atoms with Gasteiger partial charge in [-0.15, -0.1) is 0 Å². The Morgan fingerprint density at radius 3 is 2.29 bits per heavy atom. The predicted octanol–water partition coefficient (Wildman–Crippen LogP) is 4.20. The molecule has 0 bridgehead atoms. The van der Waals surface area contributed by atoms with Crippen molar-refractivity contribution in [2.45, 2.75) is 65.0 Å². The first-order valence-electron chi connectivity index (χ1n) is 17.9. The number of para-hydroxylation sites is 1. The first-order chi connectivity index (χ1) is 24.4. The van der Waals surface area contributed by atoms with Crippen molar-refractivity contribution in [2.24, 2.45) is 19.5 Å². The molecule has 4 aromatic rings. The number of hydrogen-bond donors (Lipinski definition) is 1. The standard InChI is InChI=1S/C39H48N6O6/c1-24-25(2)37(48)41(3)21-27(24)26-19-32(50-5)28(33(20-26)51-6)22-43-16-8-13-39(23-43)14-17-44(18-15-39)29-9-7-10-30-35(29)42(4)38(49)45(30)31-11-12-34(46)40-36(31)47/h7,9-10,19-21,31H,8,11-18,22-23H2,1-6H3,(H,40,46,47). The van der Waals surface area contributed by atoms with Crippen LogP contribution in [0.4, 0.5) is 5.69 Å². The normalized spacial score (nSPS) is 19.5. The van der Waals surface area contributed by atoms with E-state index in [1.807, 2.05) is 32.2 Å². The Morgan fingerprint density at radius 1 is 0.922 bits per heavy atom. The maximum atomic E-state index is 13.5. The summed E-state index contributed by atoms with van der Waals surface area (Å²) in [6.07, 6.45) is 6.74. The molecule has 2 aromatic heterocycles. The van der Waals surface area contributed by atoms with Gasteiger partial charge < -0.3 is 18.9 Å². The van der Waals surface area contributed by atoms with Crippen LogP contribution in [0.15, 0.2) is 46.1 Å². The first kappa shape index (κ1) is 34.6. The highest BCUT2D eigenvalue weighted by molar-refractivity contribution is 6.00. The summed E-state index contributed by atoms with van der Waals surface area (Å²) in [5.41, 5.74) is 7.09. The molecule has 3 saturated heterocycles. The van der Waals surface area contributed by atoms with E-state index in [1.165, 1.54) is 6.42 Å².